The summed E-state index contributed by atoms with van der Waals surface area (Å²) in [6, 6.07) is 14.8. The first-order chi connectivity index (χ1) is 13.1. The van der Waals surface area contributed by atoms with Gasteiger partial charge in [-0.15, -0.1) is 0 Å². The molecule has 2 aromatic rings. The molecule has 0 aromatic heterocycles. The molecule has 0 aliphatic carbocycles. The van der Waals surface area contributed by atoms with Gasteiger partial charge in [-0.2, -0.15) is 0 Å². The van der Waals surface area contributed by atoms with E-state index in [-0.39, 0.29) is 18.6 Å². The number of halogens is 1. The highest BCUT2D eigenvalue weighted by molar-refractivity contribution is 6.32. The highest BCUT2D eigenvalue weighted by atomic mass is 35.5. The van der Waals surface area contributed by atoms with E-state index in [1.54, 1.807) is 6.07 Å². The predicted molar refractivity (Wildman–Crippen MR) is 104 cm³/mol. The number of hydrogen-bond donors (Lipinski definition) is 1. The Morgan fingerprint density at radius 3 is 2.78 bits per heavy atom. The maximum absolute atomic E-state index is 12.1. The van der Waals surface area contributed by atoms with Gasteiger partial charge in [-0.3, -0.25) is 9.69 Å². The third-order valence-corrected chi connectivity index (χ3v) is 4.39. The Balaban J connectivity index is 1.34. The maximum Gasteiger partial charge on any atom is 0.234 e. The van der Waals surface area contributed by atoms with Crippen LogP contribution in [0.15, 0.2) is 48.5 Å². The molecule has 0 saturated heterocycles. The molecule has 2 aromatic carbocycles. The van der Waals surface area contributed by atoms with Gasteiger partial charge in [-0.1, -0.05) is 35.9 Å². The lowest BCUT2D eigenvalue weighted by Gasteiger charge is -2.26. The number of nitrogens with zero attached hydrogens (tertiary/aromatic N) is 1. The fourth-order valence-electron chi connectivity index (χ4n) is 2.64. The minimum atomic E-state index is -0.197. The average Bonchev–Trinajstić information content (AvgIpc) is 2.67. The van der Waals surface area contributed by atoms with Crippen molar-refractivity contribution in [2.45, 2.75) is 6.10 Å². The quantitative estimate of drug-likeness (QED) is 0.750. The molecular weight excluding hydrogens is 368 g/mol. The van der Waals surface area contributed by atoms with E-state index in [0.717, 1.165) is 5.75 Å². The van der Waals surface area contributed by atoms with E-state index in [1.807, 2.05) is 54.4 Å². The number of fused-ring (bicyclic) bond motifs is 1. The van der Waals surface area contributed by atoms with Crippen LogP contribution in [-0.4, -0.2) is 56.8 Å². The molecule has 3 rings (SSSR count). The van der Waals surface area contributed by atoms with E-state index in [9.17, 15) is 4.79 Å². The molecule has 6 nitrogen and oxygen atoms in total. The Kier molecular flexibility index (Phi) is 6.79. The van der Waals surface area contributed by atoms with Crippen molar-refractivity contribution in [2.24, 2.45) is 0 Å². The van der Waals surface area contributed by atoms with Crippen LogP contribution in [0.3, 0.4) is 0 Å². The molecule has 144 valence electrons. The summed E-state index contributed by atoms with van der Waals surface area (Å²) >= 11 is 6.05. The topological polar surface area (TPSA) is 60.0 Å². The number of nitrogens with one attached hydrogen (secondary N) is 1. The Morgan fingerprint density at radius 1 is 1.22 bits per heavy atom. The van der Waals surface area contributed by atoms with Crippen LogP contribution in [0, 0.1) is 0 Å². The van der Waals surface area contributed by atoms with Crippen LogP contribution < -0.4 is 19.5 Å². The molecule has 1 amide bonds. The molecule has 1 unspecified atom stereocenters. The minimum Gasteiger partial charge on any atom is -0.491 e. The fourth-order valence-corrected chi connectivity index (χ4v) is 2.83. The van der Waals surface area contributed by atoms with Gasteiger partial charge in [-0.05, 0) is 31.3 Å². The molecule has 7 heteroatoms. The van der Waals surface area contributed by atoms with Gasteiger partial charge in [-0.25, -0.2) is 0 Å². The van der Waals surface area contributed by atoms with E-state index in [0.29, 0.717) is 42.8 Å². The molecule has 1 aliphatic heterocycles. The third-order valence-electron chi connectivity index (χ3n) is 4.08. The highest BCUT2D eigenvalue weighted by Gasteiger charge is 2.21. The Labute approximate surface area is 164 Å². The number of carbonyl (C=O) groups is 1. The fraction of sp³-hybridized carbons (Fsp3) is 0.350. The number of likely N-dealkylation sites (N-methyl/N-ethyl adjacent to an activating group) is 1. The molecule has 1 atom stereocenters. The van der Waals surface area contributed by atoms with Gasteiger partial charge in [0.05, 0.1) is 18.1 Å². The number of rotatable bonds is 8. The molecule has 1 heterocycles. The van der Waals surface area contributed by atoms with Crippen molar-refractivity contribution in [2.75, 3.05) is 39.9 Å². The van der Waals surface area contributed by atoms with Crippen LogP contribution in [0.25, 0.3) is 0 Å². The van der Waals surface area contributed by atoms with Gasteiger partial charge in [0.15, 0.2) is 11.5 Å². The lowest BCUT2D eigenvalue weighted by molar-refractivity contribution is -0.122. The van der Waals surface area contributed by atoms with E-state index in [2.05, 4.69) is 5.32 Å². The van der Waals surface area contributed by atoms with Gasteiger partial charge < -0.3 is 19.5 Å². The van der Waals surface area contributed by atoms with Gasteiger partial charge >= 0.3 is 0 Å². The van der Waals surface area contributed by atoms with Gasteiger partial charge in [0.25, 0.3) is 0 Å². The van der Waals surface area contributed by atoms with Crippen LogP contribution >= 0.6 is 11.6 Å². The zero-order chi connectivity index (χ0) is 19.1. The standard InChI is InChI=1S/C20H23ClN2O4/c1-23(10-11-25-17-7-3-2-6-16(17)21)13-20(24)22-12-15-14-26-18-8-4-5-9-19(18)27-15/h2-9,15H,10-14H2,1H3,(H,22,24). The number of benzene rings is 2. The highest BCUT2D eigenvalue weighted by Crippen LogP contribution is 2.30. The van der Waals surface area contributed by atoms with Crippen LogP contribution in [0.1, 0.15) is 0 Å². The summed E-state index contributed by atoms with van der Waals surface area (Å²) in [5.74, 6) is 2.01. The summed E-state index contributed by atoms with van der Waals surface area (Å²) in [4.78, 5) is 14.0. The minimum absolute atomic E-state index is 0.0716. The van der Waals surface area contributed by atoms with E-state index in [4.69, 9.17) is 25.8 Å². The van der Waals surface area contributed by atoms with Gasteiger partial charge in [0.2, 0.25) is 5.91 Å². The molecule has 0 saturated carbocycles. The summed E-state index contributed by atoms with van der Waals surface area (Å²) in [5, 5.41) is 3.46. The van der Waals surface area contributed by atoms with Crippen LogP contribution in [-0.2, 0) is 4.79 Å². The molecule has 0 fully saturated rings. The number of ether oxygens (including phenoxy) is 3. The first-order valence-electron chi connectivity index (χ1n) is 8.83. The molecule has 0 radical (unpaired) electrons. The third kappa shape index (κ3) is 5.77. The zero-order valence-electron chi connectivity index (χ0n) is 15.2. The van der Waals surface area contributed by atoms with Crippen molar-refractivity contribution in [3.8, 4) is 17.2 Å². The van der Waals surface area contributed by atoms with Crippen molar-refractivity contribution >= 4 is 17.5 Å². The largest absolute Gasteiger partial charge is 0.491 e. The second kappa shape index (κ2) is 9.48. The summed E-state index contributed by atoms with van der Waals surface area (Å²) in [6.07, 6.45) is -0.197. The maximum atomic E-state index is 12.1. The first-order valence-corrected chi connectivity index (χ1v) is 9.20. The normalized spacial score (nSPS) is 15.4. The Bertz CT molecular complexity index is 771. The molecule has 1 aliphatic rings. The van der Waals surface area contributed by atoms with E-state index >= 15 is 0 Å². The second-order valence-electron chi connectivity index (χ2n) is 6.32. The average molecular weight is 391 g/mol. The SMILES string of the molecule is CN(CCOc1ccccc1Cl)CC(=O)NCC1COc2ccccc2O1. The second-order valence-corrected chi connectivity index (χ2v) is 6.73. The summed E-state index contributed by atoms with van der Waals surface area (Å²) < 4.78 is 17.1. The summed E-state index contributed by atoms with van der Waals surface area (Å²) in [7, 11) is 1.87. The molecule has 0 spiro atoms. The monoisotopic (exact) mass is 390 g/mol. The van der Waals surface area contributed by atoms with Crippen molar-refractivity contribution in [1.29, 1.82) is 0 Å². The van der Waals surface area contributed by atoms with Gasteiger partial charge in [0.1, 0.15) is 25.1 Å². The summed E-state index contributed by atoms with van der Waals surface area (Å²) in [5.41, 5.74) is 0. The number of amides is 1. The Hall–Kier alpha value is -2.44. The van der Waals surface area contributed by atoms with Crippen molar-refractivity contribution in [1.82, 2.24) is 10.2 Å². The lowest BCUT2D eigenvalue weighted by atomic mass is 10.2. The molecule has 0 bridgehead atoms. The number of para-hydroxylation sites is 3. The molecule has 27 heavy (non-hydrogen) atoms. The Morgan fingerprint density at radius 2 is 1.96 bits per heavy atom. The van der Waals surface area contributed by atoms with Crippen LogP contribution in [0.4, 0.5) is 0 Å². The lowest BCUT2D eigenvalue weighted by Crippen LogP contribution is -2.44. The van der Waals surface area contributed by atoms with E-state index in [1.165, 1.54) is 0 Å². The molecule has 1 N–H and O–H groups in total. The van der Waals surface area contributed by atoms with Crippen LogP contribution in [0.2, 0.25) is 5.02 Å². The van der Waals surface area contributed by atoms with Crippen LogP contribution in [0.5, 0.6) is 17.2 Å². The zero-order valence-corrected chi connectivity index (χ0v) is 15.9. The van der Waals surface area contributed by atoms with Gasteiger partial charge in [0, 0.05) is 6.54 Å². The summed E-state index contributed by atoms with van der Waals surface area (Å²) in [6.45, 7) is 2.14. The van der Waals surface area contributed by atoms with Crippen molar-refractivity contribution in [3.63, 3.8) is 0 Å². The molecular formula is C20H23ClN2O4. The van der Waals surface area contributed by atoms with E-state index < -0.39 is 0 Å². The predicted octanol–water partition coefficient (Wildman–Crippen LogP) is 2.61. The number of hydrogen-bond acceptors (Lipinski definition) is 5. The van der Waals surface area contributed by atoms with Crippen molar-refractivity contribution in [3.05, 3.63) is 53.6 Å². The van der Waals surface area contributed by atoms with Crippen molar-refractivity contribution < 1.29 is 19.0 Å². The number of carbonyl (C=O) groups excluding carboxylic acids is 1. The smallest absolute Gasteiger partial charge is 0.234 e. The first kappa shape index (κ1) is 19.3.